The van der Waals surface area contributed by atoms with E-state index in [-0.39, 0.29) is 18.5 Å². The van der Waals surface area contributed by atoms with Gasteiger partial charge in [-0.05, 0) is 67.4 Å². The number of nitrogens with one attached hydrogen (secondary N) is 1. The van der Waals surface area contributed by atoms with Crippen LogP contribution in [0.4, 0.5) is 4.79 Å². The van der Waals surface area contributed by atoms with E-state index in [0.29, 0.717) is 38.1 Å². The topological polar surface area (TPSA) is 130 Å². The summed E-state index contributed by atoms with van der Waals surface area (Å²) in [7, 11) is 0. The van der Waals surface area contributed by atoms with E-state index in [1.807, 2.05) is 79.0 Å². The Morgan fingerprint density at radius 2 is 1.82 bits per heavy atom. The first-order chi connectivity index (χ1) is 19.0. The van der Waals surface area contributed by atoms with Crippen LogP contribution in [0.15, 0.2) is 76.6 Å². The standard InChI is InChI=1S/C29H32N4O5S/c1-20(25-11-7-17-39-25)37-23-14-12-21(13-15-23)18-26-32-28(33-38-26)27(34)24(10-5-6-16-30)31-29(35)36-19-22-8-3-2-4-9-22/h2-4,7-9,11-15,17,20,24H,5-6,10,16,18-19,30H2,1H3,(H,31,35). The third-order valence-corrected chi connectivity index (χ3v) is 7.03. The van der Waals surface area contributed by atoms with Crippen LogP contribution in [-0.4, -0.2) is 34.6 Å². The molecule has 0 fully saturated rings. The van der Waals surface area contributed by atoms with Gasteiger partial charge in [-0.2, -0.15) is 4.98 Å². The molecule has 10 heteroatoms. The lowest BCUT2D eigenvalue weighted by Crippen LogP contribution is -2.41. The summed E-state index contributed by atoms with van der Waals surface area (Å²) in [6.07, 6.45) is 1.37. The summed E-state index contributed by atoms with van der Waals surface area (Å²) in [6, 6.07) is 20.1. The number of nitrogens with zero attached hydrogens (tertiary/aromatic N) is 2. The van der Waals surface area contributed by atoms with Crippen LogP contribution >= 0.6 is 11.3 Å². The first kappa shape index (κ1) is 28.0. The van der Waals surface area contributed by atoms with Gasteiger partial charge in [0.15, 0.2) is 0 Å². The Bertz CT molecular complexity index is 1310. The molecule has 39 heavy (non-hydrogen) atoms. The zero-order chi connectivity index (χ0) is 27.5. The molecular weight excluding hydrogens is 516 g/mol. The second-order valence-corrected chi connectivity index (χ2v) is 9.99. The van der Waals surface area contributed by atoms with Crippen molar-refractivity contribution in [3.8, 4) is 5.75 Å². The predicted octanol–water partition coefficient (Wildman–Crippen LogP) is 5.47. The number of ether oxygens (including phenoxy) is 2. The summed E-state index contributed by atoms with van der Waals surface area (Å²) < 4.78 is 16.6. The van der Waals surface area contributed by atoms with Gasteiger partial charge in [-0.3, -0.25) is 4.79 Å². The quantitative estimate of drug-likeness (QED) is 0.157. The van der Waals surface area contributed by atoms with Gasteiger partial charge in [0.1, 0.15) is 18.5 Å². The zero-order valence-corrected chi connectivity index (χ0v) is 22.6. The molecule has 204 valence electrons. The number of hydrogen-bond acceptors (Lipinski definition) is 9. The normalized spacial score (nSPS) is 12.5. The average Bonchev–Trinajstić information content (AvgIpc) is 3.66. The molecule has 2 atom stereocenters. The molecule has 4 rings (SSSR count). The fourth-order valence-corrected chi connectivity index (χ4v) is 4.61. The lowest BCUT2D eigenvalue weighted by atomic mass is 10.0. The Morgan fingerprint density at radius 3 is 2.54 bits per heavy atom. The lowest BCUT2D eigenvalue weighted by molar-refractivity contribution is 0.0896. The zero-order valence-electron chi connectivity index (χ0n) is 21.7. The smallest absolute Gasteiger partial charge is 0.408 e. The number of aromatic nitrogens is 2. The monoisotopic (exact) mass is 548 g/mol. The second kappa shape index (κ2) is 14.2. The summed E-state index contributed by atoms with van der Waals surface area (Å²) in [5, 5.41) is 8.55. The Kier molecular flexibility index (Phi) is 10.2. The van der Waals surface area contributed by atoms with E-state index in [1.54, 1.807) is 11.3 Å². The largest absolute Gasteiger partial charge is 0.485 e. The van der Waals surface area contributed by atoms with E-state index >= 15 is 0 Å². The maximum atomic E-state index is 13.2. The number of carbonyl (C=O) groups excluding carboxylic acids is 2. The molecule has 2 unspecified atom stereocenters. The fraction of sp³-hybridized carbons (Fsp3) is 0.310. The van der Waals surface area contributed by atoms with Crippen molar-refractivity contribution in [3.05, 3.63) is 99.8 Å². The van der Waals surface area contributed by atoms with Crippen LogP contribution in [0.2, 0.25) is 0 Å². The number of hydrogen-bond donors (Lipinski definition) is 2. The highest BCUT2D eigenvalue weighted by Gasteiger charge is 2.27. The third kappa shape index (κ3) is 8.49. The molecule has 0 saturated carbocycles. The van der Waals surface area contributed by atoms with Crippen LogP contribution in [0.1, 0.15) is 64.8 Å². The summed E-state index contributed by atoms with van der Waals surface area (Å²) in [5.74, 6) is 0.527. The maximum absolute atomic E-state index is 13.2. The number of amides is 1. The minimum atomic E-state index is -0.855. The van der Waals surface area contributed by atoms with Gasteiger partial charge in [-0.15, -0.1) is 11.3 Å². The average molecular weight is 549 g/mol. The van der Waals surface area contributed by atoms with E-state index in [9.17, 15) is 9.59 Å². The van der Waals surface area contributed by atoms with Crippen molar-refractivity contribution in [1.29, 1.82) is 0 Å². The van der Waals surface area contributed by atoms with E-state index in [2.05, 4.69) is 15.5 Å². The Balaban J connectivity index is 1.34. The third-order valence-electron chi connectivity index (χ3n) is 5.99. The van der Waals surface area contributed by atoms with Gasteiger partial charge in [-0.25, -0.2) is 4.79 Å². The Labute approximate surface area is 231 Å². The number of unbranched alkanes of at least 4 members (excludes halogenated alkanes) is 1. The summed E-state index contributed by atoms with van der Waals surface area (Å²) in [5.41, 5.74) is 7.38. The van der Waals surface area contributed by atoms with Gasteiger partial charge >= 0.3 is 6.09 Å². The van der Waals surface area contributed by atoms with Crippen molar-refractivity contribution in [1.82, 2.24) is 15.5 Å². The van der Waals surface area contributed by atoms with Gasteiger partial charge < -0.3 is 25.0 Å². The summed E-state index contributed by atoms with van der Waals surface area (Å²) in [6.45, 7) is 2.60. The number of carbonyl (C=O) groups is 2. The molecule has 0 spiro atoms. The van der Waals surface area contributed by atoms with Crippen molar-refractivity contribution < 1.29 is 23.6 Å². The summed E-state index contributed by atoms with van der Waals surface area (Å²) in [4.78, 5) is 31.0. The molecule has 0 aliphatic rings. The highest BCUT2D eigenvalue weighted by Crippen LogP contribution is 2.25. The number of ketones is 1. The first-order valence-corrected chi connectivity index (χ1v) is 13.7. The number of rotatable bonds is 14. The van der Waals surface area contributed by atoms with E-state index in [1.165, 1.54) is 0 Å². The number of nitrogens with two attached hydrogens (primary N) is 1. The second-order valence-electron chi connectivity index (χ2n) is 9.02. The van der Waals surface area contributed by atoms with Crippen molar-refractivity contribution in [2.45, 2.75) is 51.4 Å². The molecule has 0 bridgehead atoms. The van der Waals surface area contributed by atoms with Crippen molar-refractivity contribution in [2.75, 3.05) is 6.54 Å². The van der Waals surface area contributed by atoms with Crippen LogP contribution < -0.4 is 15.8 Å². The van der Waals surface area contributed by atoms with Crippen LogP contribution in [0.25, 0.3) is 0 Å². The molecule has 0 radical (unpaired) electrons. The van der Waals surface area contributed by atoms with Gasteiger partial charge in [-0.1, -0.05) is 53.7 Å². The minimum Gasteiger partial charge on any atom is -0.485 e. The molecule has 9 nitrogen and oxygen atoms in total. The van der Waals surface area contributed by atoms with Crippen LogP contribution in [-0.2, 0) is 17.8 Å². The minimum absolute atomic E-state index is 0.0395. The van der Waals surface area contributed by atoms with Crippen LogP contribution in [0.3, 0.4) is 0 Å². The van der Waals surface area contributed by atoms with E-state index in [4.69, 9.17) is 19.7 Å². The molecule has 1 amide bonds. The molecule has 2 aromatic heterocycles. The van der Waals surface area contributed by atoms with Crippen LogP contribution in [0.5, 0.6) is 5.75 Å². The molecule has 2 heterocycles. The first-order valence-electron chi connectivity index (χ1n) is 12.8. The maximum Gasteiger partial charge on any atom is 0.408 e. The summed E-state index contributed by atoms with van der Waals surface area (Å²) >= 11 is 1.66. The van der Waals surface area contributed by atoms with Gasteiger partial charge in [0.2, 0.25) is 17.5 Å². The number of benzene rings is 2. The van der Waals surface area contributed by atoms with Gasteiger partial charge in [0.05, 0.1) is 12.5 Å². The molecule has 0 aliphatic carbocycles. The lowest BCUT2D eigenvalue weighted by Gasteiger charge is -2.16. The molecule has 4 aromatic rings. The highest BCUT2D eigenvalue weighted by molar-refractivity contribution is 7.10. The van der Waals surface area contributed by atoms with Crippen molar-refractivity contribution in [2.24, 2.45) is 5.73 Å². The fourth-order valence-electron chi connectivity index (χ4n) is 3.90. The Hall–Kier alpha value is -4.02. The van der Waals surface area contributed by atoms with E-state index in [0.717, 1.165) is 21.8 Å². The number of Topliss-reactive ketones (excluding diaryl/α,β-unsaturated/α-hetero) is 1. The molecular formula is C29H32N4O5S. The molecule has 0 saturated heterocycles. The number of thiophene rings is 1. The Morgan fingerprint density at radius 1 is 1.03 bits per heavy atom. The van der Waals surface area contributed by atoms with Crippen molar-refractivity contribution >= 4 is 23.2 Å². The van der Waals surface area contributed by atoms with E-state index < -0.39 is 17.9 Å². The number of alkyl carbamates (subject to hydrolysis) is 1. The van der Waals surface area contributed by atoms with Crippen LogP contribution in [0, 0.1) is 0 Å². The van der Waals surface area contributed by atoms with Gasteiger partial charge in [0.25, 0.3) is 0 Å². The molecule has 2 aromatic carbocycles. The predicted molar refractivity (Wildman–Crippen MR) is 148 cm³/mol. The molecule has 3 N–H and O–H groups in total. The molecule has 0 aliphatic heterocycles. The van der Waals surface area contributed by atoms with Crippen molar-refractivity contribution in [3.63, 3.8) is 0 Å². The van der Waals surface area contributed by atoms with Gasteiger partial charge in [0, 0.05) is 4.88 Å². The SMILES string of the molecule is CC(Oc1ccc(Cc2nc(C(=O)C(CCCCN)NC(=O)OCc3ccccc3)no2)cc1)c1cccs1. The highest BCUT2D eigenvalue weighted by atomic mass is 32.1.